The minimum atomic E-state index is -0.600. The first-order chi connectivity index (χ1) is 14.1. The van der Waals surface area contributed by atoms with Crippen LogP contribution in [0.25, 0.3) is 4.91 Å². The smallest absolute Gasteiger partial charge is 0.211 e. The van der Waals surface area contributed by atoms with Crippen LogP contribution in [0.2, 0.25) is 0 Å². The summed E-state index contributed by atoms with van der Waals surface area (Å²) in [5.74, 6) is 0. The Hall–Kier alpha value is -1.71. The monoisotopic (exact) mass is 432 g/mol. The van der Waals surface area contributed by atoms with Gasteiger partial charge in [-0.15, -0.1) is 11.8 Å². The molecule has 1 saturated heterocycles. The molecule has 0 N–H and O–H groups in total. The topological polar surface area (TPSA) is 17.1 Å². The summed E-state index contributed by atoms with van der Waals surface area (Å²) in [7, 11) is 0. The maximum Gasteiger partial charge on any atom is 0.211 e. The van der Waals surface area contributed by atoms with Crippen LogP contribution >= 0.6 is 23.5 Å². The highest BCUT2D eigenvalue weighted by Gasteiger charge is 2.74. The van der Waals surface area contributed by atoms with Crippen molar-refractivity contribution in [3.8, 4) is 0 Å². The zero-order chi connectivity index (χ0) is 21.4. The van der Waals surface area contributed by atoms with Gasteiger partial charge in [-0.05, 0) is 28.5 Å². The molecule has 2 heterocycles. The molecule has 2 atom stereocenters. The predicted molar refractivity (Wildman–Crippen MR) is 130 cm³/mol. The van der Waals surface area contributed by atoms with Crippen LogP contribution in [-0.2, 0) is 9.54 Å². The molecule has 2 unspecified atom stereocenters. The number of allylic oxidation sites excluding steroid dienone is 1. The van der Waals surface area contributed by atoms with Crippen LogP contribution in [0.1, 0.15) is 52.2 Å². The Labute approximate surface area is 188 Å². The van der Waals surface area contributed by atoms with E-state index in [2.05, 4.69) is 95.3 Å². The van der Waals surface area contributed by atoms with Gasteiger partial charge in [0.15, 0.2) is 0 Å². The summed E-state index contributed by atoms with van der Waals surface area (Å²) in [6.45, 7) is 11.5. The van der Waals surface area contributed by atoms with E-state index in [9.17, 15) is 4.79 Å². The Bertz CT molecular complexity index is 1090. The van der Waals surface area contributed by atoms with Gasteiger partial charge in [0.1, 0.15) is 4.75 Å². The fourth-order valence-electron chi connectivity index (χ4n) is 5.36. The highest BCUT2D eigenvalue weighted by Crippen LogP contribution is 2.78. The molecule has 2 aliphatic heterocycles. The quantitative estimate of drug-likeness (QED) is 0.459. The van der Waals surface area contributed by atoms with Gasteiger partial charge in [0.05, 0.1) is 4.75 Å². The first-order valence-electron chi connectivity index (χ1n) is 10.6. The third-order valence-corrected chi connectivity index (χ3v) is 11.0. The van der Waals surface area contributed by atoms with Gasteiger partial charge in [0.2, 0.25) is 5.12 Å². The molecule has 0 amide bonds. The molecule has 3 heteroatoms. The minimum absolute atomic E-state index is 0.0865. The second-order valence-electron chi connectivity index (χ2n) is 10.2. The molecule has 1 spiro atoms. The molecule has 3 aliphatic rings. The molecule has 1 nitrogen and oxygen atoms in total. The predicted octanol–water partition coefficient (Wildman–Crippen LogP) is 7.45. The zero-order valence-corrected chi connectivity index (χ0v) is 19.9. The van der Waals surface area contributed by atoms with Crippen molar-refractivity contribution in [2.45, 2.75) is 50.5 Å². The average molecular weight is 433 g/mol. The molecule has 2 bridgehead atoms. The SMILES string of the molecule is CC(C)(C)C1=CC23SC(=O)C(c4ccccc4)(SC(c4ccccc4)=C2C1)C3(C)C. The standard InChI is InChI=1S/C27H28OS2/c1-24(2,3)20-16-21-22(18-12-8-6-9-13-18)29-27(19-14-10-7-11-15-19)23(28)30-26(21,17-20)25(27,4)5/h6-15,17H,16H2,1-5H3. The highest BCUT2D eigenvalue weighted by molar-refractivity contribution is 8.20. The van der Waals surface area contributed by atoms with Crippen molar-refractivity contribution in [3.63, 3.8) is 0 Å². The number of hydrogen-bond donors (Lipinski definition) is 0. The highest BCUT2D eigenvalue weighted by atomic mass is 32.2. The Morgan fingerprint density at radius 1 is 0.867 bits per heavy atom. The van der Waals surface area contributed by atoms with Crippen molar-refractivity contribution >= 4 is 33.5 Å². The van der Waals surface area contributed by atoms with Gasteiger partial charge in [-0.2, -0.15) is 0 Å². The van der Waals surface area contributed by atoms with Gasteiger partial charge in [-0.25, -0.2) is 0 Å². The van der Waals surface area contributed by atoms with Gasteiger partial charge in [-0.1, -0.05) is 119 Å². The largest absolute Gasteiger partial charge is 0.285 e. The average Bonchev–Trinajstić information content (AvgIpc) is 3.14. The van der Waals surface area contributed by atoms with Crippen LogP contribution in [0.3, 0.4) is 0 Å². The fourth-order valence-corrected chi connectivity index (χ4v) is 9.13. The van der Waals surface area contributed by atoms with Crippen LogP contribution in [0, 0.1) is 10.8 Å². The van der Waals surface area contributed by atoms with Gasteiger partial charge >= 0.3 is 0 Å². The number of carbonyl (C=O) groups is 1. The van der Waals surface area contributed by atoms with Gasteiger partial charge in [-0.3, -0.25) is 4.79 Å². The third kappa shape index (κ3) is 2.42. The molecular weight excluding hydrogens is 404 g/mol. The van der Waals surface area contributed by atoms with Gasteiger partial charge in [0.25, 0.3) is 0 Å². The number of rotatable bonds is 2. The lowest BCUT2D eigenvalue weighted by molar-refractivity contribution is -0.114. The molecule has 0 radical (unpaired) electrons. The number of hydrogen-bond acceptors (Lipinski definition) is 3. The Balaban J connectivity index is 1.84. The number of fused-ring (bicyclic) bond motifs is 1. The molecule has 0 saturated carbocycles. The molecule has 5 rings (SSSR count). The number of benzene rings is 2. The summed E-state index contributed by atoms with van der Waals surface area (Å²) < 4.78 is -0.892. The first kappa shape index (κ1) is 20.2. The lowest BCUT2D eigenvalue weighted by Crippen LogP contribution is -2.51. The molecule has 1 fully saturated rings. The normalized spacial score (nSPS) is 29.8. The van der Waals surface area contributed by atoms with Crippen molar-refractivity contribution in [3.05, 3.63) is 89.0 Å². The lowest BCUT2D eigenvalue weighted by atomic mass is 9.64. The Morgan fingerprint density at radius 2 is 1.47 bits per heavy atom. The molecule has 30 heavy (non-hydrogen) atoms. The van der Waals surface area contributed by atoms with Crippen LogP contribution in [-0.4, -0.2) is 9.86 Å². The van der Waals surface area contributed by atoms with E-state index in [1.807, 2.05) is 6.07 Å². The summed E-state index contributed by atoms with van der Waals surface area (Å²) in [6, 6.07) is 21.1. The van der Waals surface area contributed by atoms with E-state index in [1.165, 1.54) is 21.6 Å². The maximum absolute atomic E-state index is 14.0. The lowest BCUT2D eigenvalue weighted by Gasteiger charge is -2.50. The Morgan fingerprint density at radius 3 is 2.07 bits per heavy atom. The summed E-state index contributed by atoms with van der Waals surface area (Å²) in [6.07, 6.45) is 3.42. The van der Waals surface area contributed by atoms with E-state index >= 15 is 0 Å². The van der Waals surface area contributed by atoms with E-state index in [1.54, 1.807) is 23.5 Å². The van der Waals surface area contributed by atoms with Crippen LogP contribution in [0.5, 0.6) is 0 Å². The van der Waals surface area contributed by atoms with Crippen LogP contribution < -0.4 is 0 Å². The molecule has 1 aliphatic carbocycles. The summed E-state index contributed by atoms with van der Waals surface area (Å²) in [5, 5.41) is 0.290. The third-order valence-electron chi connectivity index (χ3n) is 7.25. The first-order valence-corrected chi connectivity index (χ1v) is 12.3. The van der Waals surface area contributed by atoms with E-state index in [0.717, 1.165) is 12.0 Å². The molecular formula is C27H28OS2. The zero-order valence-electron chi connectivity index (χ0n) is 18.3. The van der Waals surface area contributed by atoms with E-state index in [-0.39, 0.29) is 15.6 Å². The summed E-state index contributed by atoms with van der Waals surface area (Å²) in [5.41, 5.74) is 5.08. The van der Waals surface area contributed by atoms with Crippen molar-refractivity contribution < 1.29 is 4.79 Å². The summed E-state index contributed by atoms with van der Waals surface area (Å²) in [4.78, 5) is 15.2. The van der Waals surface area contributed by atoms with Crippen molar-refractivity contribution in [2.75, 3.05) is 0 Å². The van der Waals surface area contributed by atoms with Crippen LogP contribution in [0.4, 0.5) is 0 Å². The second kappa shape index (κ2) is 6.40. The van der Waals surface area contributed by atoms with Crippen molar-refractivity contribution in [1.29, 1.82) is 0 Å². The number of carbonyl (C=O) groups excluding carboxylic acids is 1. The minimum Gasteiger partial charge on any atom is -0.285 e. The van der Waals surface area contributed by atoms with Gasteiger partial charge < -0.3 is 0 Å². The molecule has 0 aromatic heterocycles. The van der Waals surface area contributed by atoms with Gasteiger partial charge in [0, 0.05) is 10.3 Å². The van der Waals surface area contributed by atoms with Crippen molar-refractivity contribution in [1.82, 2.24) is 0 Å². The van der Waals surface area contributed by atoms with Crippen LogP contribution in [0.15, 0.2) is 77.9 Å². The molecule has 154 valence electrons. The summed E-state index contributed by atoms with van der Waals surface area (Å²) >= 11 is 3.38. The fraction of sp³-hybridized carbons (Fsp3) is 0.370. The van der Waals surface area contributed by atoms with E-state index < -0.39 is 4.75 Å². The molecule has 2 aromatic carbocycles. The maximum atomic E-state index is 14.0. The van der Waals surface area contributed by atoms with Crippen molar-refractivity contribution in [2.24, 2.45) is 10.8 Å². The number of thioether (sulfide) groups is 2. The Kier molecular flexibility index (Phi) is 4.31. The second-order valence-corrected chi connectivity index (χ2v) is 12.6. The van der Waals surface area contributed by atoms with E-state index in [0.29, 0.717) is 5.12 Å². The molecule has 2 aromatic rings. The van der Waals surface area contributed by atoms with E-state index in [4.69, 9.17) is 0 Å².